The minimum absolute atomic E-state index is 0.226. The van der Waals surface area contributed by atoms with Crippen molar-refractivity contribution in [3.63, 3.8) is 0 Å². The third-order valence-electron chi connectivity index (χ3n) is 4.55. The summed E-state index contributed by atoms with van der Waals surface area (Å²) < 4.78 is 15.1. The second-order valence-electron chi connectivity index (χ2n) is 6.25. The van der Waals surface area contributed by atoms with Crippen LogP contribution in [-0.4, -0.2) is 50.2 Å². The van der Waals surface area contributed by atoms with E-state index in [2.05, 4.69) is 5.32 Å². The van der Waals surface area contributed by atoms with Gasteiger partial charge in [-0.1, -0.05) is 0 Å². The number of carbonyl (C=O) groups is 3. The Kier molecular flexibility index (Phi) is 6.38. The highest BCUT2D eigenvalue weighted by Crippen LogP contribution is 2.38. The molecule has 9 heteroatoms. The Hall–Kier alpha value is -3.07. The van der Waals surface area contributed by atoms with Crippen molar-refractivity contribution in [2.75, 3.05) is 32.7 Å². The van der Waals surface area contributed by atoms with Crippen molar-refractivity contribution in [1.82, 2.24) is 4.90 Å². The Labute approximate surface area is 172 Å². The van der Waals surface area contributed by atoms with Crippen LogP contribution in [0.4, 0.5) is 9.80 Å². The molecule has 2 aromatic rings. The van der Waals surface area contributed by atoms with Gasteiger partial charge in [0.05, 0.1) is 32.9 Å². The summed E-state index contributed by atoms with van der Waals surface area (Å²) in [5.41, 5.74) is 1.60. The second kappa shape index (κ2) is 8.95. The Morgan fingerprint density at radius 3 is 2.52 bits per heavy atom. The fraction of sp³-hybridized carbons (Fsp3) is 0.350. The third-order valence-corrected chi connectivity index (χ3v) is 5.68. The number of anilines is 1. The molecule has 0 fully saturated rings. The van der Waals surface area contributed by atoms with E-state index in [0.717, 1.165) is 10.4 Å². The summed E-state index contributed by atoms with van der Waals surface area (Å²) in [5.74, 6) is -0.188. The first kappa shape index (κ1) is 20.7. The Morgan fingerprint density at radius 2 is 1.90 bits per heavy atom. The number of esters is 1. The first-order valence-corrected chi connectivity index (χ1v) is 9.90. The van der Waals surface area contributed by atoms with Crippen molar-refractivity contribution in [2.45, 2.75) is 19.9 Å². The first-order valence-electron chi connectivity index (χ1n) is 9.08. The highest BCUT2D eigenvalue weighted by Gasteiger charge is 2.31. The van der Waals surface area contributed by atoms with Gasteiger partial charge in [-0.15, -0.1) is 11.3 Å². The van der Waals surface area contributed by atoms with Gasteiger partial charge in [0.2, 0.25) is 0 Å². The summed E-state index contributed by atoms with van der Waals surface area (Å²) in [4.78, 5) is 39.5. The number of methoxy groups -OCH3 is 2. The predicted molar refractivity (Wildman–Crippen MR) is 108 cm³/mol. The molecule has 0 saturated heterocycles. The monoisotopic (exact) mass is 418 g/mol. The number of carbonyl (C=O) groups excluding carboxylic acids is 3. The highest BCUT2D eigenvalue weighted by molar-refractivity contribution is 7.17. The fourth-order valence-electron chi connectivity index (χ4n) is 3.11. The van der Waals surface area contributed by atoms with Crippen molar-refractivity contribution in [3.8, 4) is 5.75 Å². The number of rotatable bonds is 5. The molecule has 1 aromatic heterocycles. The van der Waals surface area contributed by atoms with Crippen LogP contribution in [0.15, 0.2) is 24.3 Å². The number of hydrogen-bond donors (Lipinski definition) is 1. The topological polar surface area (TPSA) is 94.2 Å². The van der Waals surface area contributed by atoms with E-state index in [1.54, 1.807) is 43.2 Å². The van der Waals surface area contributed by atoms with Gasteiger partial charge in [-0.25, -0.2) is 9.59 Å². The zero-order valence-corrected chi connectivity index (χ0v) is 17.3. The molecule has 0 radical (unpaired) electrons. The molecule has 2 heterocycles. The zero-order chi connectivity index (χ0) is 21.0. The molecular weight excluding hydrogens is 396 g/mol. The lowest BCUT2D eigenvalue weighted by molar-refractivity contribution is 0.0526. The van der Waals surface area contributed by atoms with Crippen LogP contribution in [0.25, 0.3) is 0 Å². The van der Waals surface area contributed by atoms with Gasteiger partial charge in [0.15, 0.2) is 0 Å². The van der Waals surface area contributed by atoms with Crippen LogP contribution in [0, 0.1) is 0 Å². The molecule has 1 N–H and O–H groups in total. The van der Waals surface area contributed by atoms with Crippen molar-refractivity contribution in [3.05, 3.63) is 45.8 Å². The largest absolute Gasteiger partial charge is 0.497 e. The summed E-state index contributed by atoms with van der Waals surface area (Å²) in [5, 5.41) is 3.24. The lowest BCUT2D eigenvalue weighted by Gasteiger charge is -2.25. The molecule has 2 amide bonds. The van der Waals surface area contributed by atoms with Crippen LogP contribution in [0.1, 0.15) is 38.1 Å². The number of ether oxygens (including phenoxy) is 3. The standard InChI is InChI=1S/C20H22N2O6S/c1-4-28-19(24)16-14-9-10-22(20(25)27-3)11-15(14)29-18(16)21-17(23)12-5-7-13(26-2)8-6-12/h5-8H,4,9-11H2,1-3H3,(H,21,23). The lowest BCUT2D eigenvalue weighted by atomic mass is 10.0. The lowest BCUT2D eigenvalue weighted by Crippen LogP contribution is -2.35. The first-order chi connectivity index (χ1) is 14.0. The van der Waals surface area contributed by atoms with E-state index < -0.39 is 12.1 Å². The zero-order valence-electron chi connectivity index (χ0n) is 16.4. The molecule has 1 aliphatic heterocycles. The molecule has 29 heavy (non-hydrogen) atoms. The number of benzene rings is 1. The molecule has 0 unspecified atom stereocenters. The normalized spacial score (nSPS) is 12.7. The maximum Gasteiger partial charge on any atom is 0.409 e. The molecule has 0 aliphatic carbocycles. The van der Waals surface area contributed by atoms with E-state index >= 15 is 0 Å². The molecule has 1 aromatic carbocycles. The highest BCUT2D eigenvalue weighted by atomic mass is 32.1. The Morgan fingerprint density at radius 1 is 1.17 bits per heavy atom. The molecule has 0 spiro atoms. The van der Waals surface area contributed by atoms with Gasteiger partial charge in [-0.2, -0.15) is 0 Å². The molecule has 1 aliphatic rings. The smallest absolute Gasteiger partial charge is 0.409 e. The number of hydrogen-bond acceptors (Lipinski definition) is 7. The fourth-order valence-corrected chi connectivity index (χ4v) is 4.36. The van der Waals surface area contributed by atoms with E-state index in [-0.39, 0.29) is 12.5 Å². The van der Waals surface area contributed by atoms with Crippen LogP contribution < -0.4 is 10.1 Å². The van der Waals surface area contributed by atoms with Crippen molar-refractivity contribution in [1.29, 1.82) is 0 Å². The van der Waals surface area contributed by atoms with Crippen LogP contribution in [0.2, 0.25) is 0 Å². The molecular formula is C20H22N2O6S. The van der Waals surface area contributed by atoms with Gasteiger partial charge in [-0.05, 0) is 43.2 Å². The minimum Gasteiger partial charge on any atom is -0.497 e. The third kappa shape index (κ3) is 4.34. The number of nitrogens with zero attached hydrogens (tertiary/aromatic N) is 1. The van der Waals surface area contributed by atoms with Crippen molar-refractivity contribution >= 4 is 34.3 Å². The minimum atomic E-state index is -0.485. The van der Waals surface area contributed by atoms with Crippen LogP contribution >= 0.6 is 11.3 Å². The van der Waals surface area contributed by atoms with Gasteiger partial charge >= 0.3 is 12.1 Å². The van der Waals surface area contributed by atoms with E-state index in [1.165, 1.54) is 18.4 Å². The summed E-state index contributed by atoms with van der Waals surface area (Å²) in [6.45, 7) is 2.70. The predicted octanol–water partition coefficient (Wildman–Crippen LogP) is 3.31. The number of amides is 2. The SMILES string of the molecule is CCOC(=O)c1c(NC(=O)c2ccc(OC)cc2)sc2c1CCN(C(=O)OC)C2. The van der Waals surface area contributed by atoms with Crippen LogP contribution in [-0.2, 0) is 22.4 Å². The molecule has 154 valence electrons. The van der Waals surface area contributed by atoms with Gasteiger partial charge in [0.1, 0.15) is 10.8 Å². The number of nitrogens with one attached hydrogen (secondary N) is 1. The summed E-state index contributed by atoms with van der Waals surface area (Å²) >= 11 is 1.27. The number of fused-ring (bicyclic) bond motifs is 1. The number of thiophene rings is 1. The van der Waals surface area contributed by atoms with Gasteiger partial charge < -0.3 is 24.4 Å². The molecule has 0 bridgehead atoms. The maximum atomic E-state index is 12.7. The van der Waals surface area contributed by atoms with E-state index in [1.807, 2.05) is 0 Å². The summed E-state index contributed by atoms with van der Waals surface area (Å²) in [6.07, 6.45) is 0.0542. The molecule has 0 saturated carbocycles. The Balaban J connectivity index is 1.90. The van der Waals surface area contributed by atoms with E-state index in [4.69, 9.17) is 14.2 Å². The van der Waals surface area contributed by atoms with Crippen LogP contribution in [0.5, 0.6) is 5.75 Å². The average Bonchev–Trinajstić information content (AvgIpc) is 3.10. The molecule has 0 atom stereocenters. The van der Waals surface area contributed by atoms with E-state index in [9.17, 15) is 14.4 Å². The quantitative estimate of drug-likeness (QED) is 0.749. The average molecular weight is 418 g/mol. The van der Waals surface area contributed by atoms with Crippen molar-refractivity contribution < 1.29 is 28.6 Å². The van der Waals surface area contributed by atoms with Crippen LogP contribution in [0.3, 0.4) is 0 Å². The maximum absolute atomic E-state index is 12.7. The van der Waals surface area contributed by atoms with Gasteiger partial charge in [-0.3, -0.25) is 4.79 Å². The van der Waals surface area contributed by atoms with E-state index in [0.29, 0.717) is 41.4 Å². The van der Waals surface area contributed by atoms with Crippen molar-refractivity contribution in [2.24, 2.45) is 0 Å². The summed E-state index contributed by atoms with van der Waals surface area (Å²) in [6, 6.07) is 6.67. The molecule has 8 nitrogen and oxygen atoms in total. The summed E-state index contributed by atoms with van der Waals surface area (Å²) in [7, 11) is 2.88. The van der Waals surface area contributed by atoms with Gasteiger partial charge in [0, 0.05) is 17.0 Å². The van der Waals surface area contributed by atoms with Gasteiger partial charge in [0.25, 0.3) is 5.91 Å². The second-order valence-corrected chi connectivity index (χ2v) is 7.36. The Bertz CT molecular complexity index is 922. The molecule has 3 rings (SSSR count).